The van der Waals surface area contributed by atoms with E-state index in [1.165, 1.54) is 0 Å². The molecule has 0 saturated carbocycles. The van der Waals surface area contributed by atoms with Crippen molar-refractivity contribution in [1.82, 2.24) is 4.90 Å². The lowest BCUT2D eigenvalue weighted by Crippen LogP contribution is -2.54. The molecule has 0 radical (unpaired) electrons. The van der Waals surface area contributed by atoms with E-state index in [1.54, 1.807) is 6.92 Å². The predicted molar refractivity (Wildman–Crippen MR) is 64.1 cm³/mol. The summed E-state index contributed by atoms with van der Waals surface area (Å²) in [5.41, 5.74) is 5.24. The summed E-state index contributed by atoms with van der Waals surface area (Å²) in [6.45, 7) is 7.93. The third-order valence-corrected chi connectivity index (χ3v) is 3.34. The van der Waals surface area contributed by atoms with Crippen molar-refractivity contribution in [1.29, 1.82) is 0 Å². The normalized spacial score (nSPS) is 24.1. The van der Waals surface area contributed by atoms with E-state index in [9.17, 15) is 4.79 Å². The van der Waals surface area contributed by atoms with E-state index < -0.39 is 5.54 Å². The van der Waals surface area contributed by atoms with E-state index in [0.717, 1.165) is 19.4 Å². The number of hydrogen-bond acceptors (Lipinski definition) is 3. The molecule has 1 saturated heterocycles. The van der Waals surface area contributed by atoms with E-state index in [-0.39, 0.29) is 12.0 Å². The van der Waals surface area contributed by atoms with Crippen molar-refractivity contribution < 1.29 is 9.53 Å². The van der Waals surface area contributed by atoms with Crippen LogP contribution in [0.4, 0.5) is 0 Å². The average Bonchev–Trinajstić information content (AvgIpc) is 2.77. The van der Waals surface area contributed by atoms with Gasteiger partial charge in [0.05, 0.1) is 11.6 Å². The summed E-state index contributed by atoms with van der Waals surface area (Å²) in [5, 5.41) is 0. The van der Waals surface area contributed by atoms with Crippen molar-refractivity contribution in [3.05, 3.63) is 0 Å². The number of hydrogen-bond donors (Lipinski definition) is 1. The molecule has 1 heterocycles. The van der Waals surface area contributed by atoms with Crippen molar-refractivity contribution in [2.45, 2.75) is 51.7 Å². The van der Waals surface area contributed by atoms with Crippen LogP contribution in [0.5, 0.6) is 0 Å². The first-order chi connectivity index (χ1) is 7.51. The maximum absolute atomic E-state index is 12.2. The SMILES string of the molecule is CCN(CC1CCCO1)C(=O)C(C)(N)CC. The highest BCUT2D eigenvalue weighted by atomic mass is 16.5. The summed E-state index contributed by atoms with van der Waals surface area (Å²) in [5.74, 6) is 0.0352. The van der Waals surface area contributed by atoms with Crippen LogP contribution in [0.1, 0.15) is 40.0 Å². The van der Waals surface area contributed by atoms with Crippen molar-refractivity contribution in [3.8, 4) is 0 Å². The number of nitrogens with zero attached hydrogens (tertiary/aromatic N) is 1. The molecule has 0 spiro atoms. The summed E-state index contributed by atoms with van der Waals surface area (Å²) in [6.07, 6.45) is 3.02. The zero-order valence-corrected chi connectivity index (χ0v) is 10.7. The zero-order valence-electron chi connectivity index (χ0n) is 10.7. The Morgan fingerprint density at radius 2 is 2.25 bits per heavy atom. The second kappa shape index (κ2) is 5.64. The van der Waals surface area contributed by atoms with Gasteiger partial charge in [0.2, 0.25) is 5.91 Å². The molecule has 1 aliphatic rings. The number of rotatable bonds is 5. The Labute approximate surface area is 98.1 Å². The van der Waals surface area contributed by atoms with Gasteiger partial charge in [0, 0.05) is 19.7 Å². The van der Waals surface area contributed by atoms with Crippen LogP contribution >= 0.6 is 0 Å². The largest absolute Gasteiger partial charge is 0.376 e. The molecule has 2 atom stereocenters. The minimum atomic E-state index is -0.741. The lowest BCUT2D eigenvalue weighted by atomic mass is 9.98. The van der Waals surface area contributed by atoms with Crippen LogP contribution in [0.3, 0.4) is 0 Å². The molecule has 4 nitrogen and oxygen atoms in total. The smallest absolute Gasteiger partial charge is 0.242 e. The summed E-state index contributed by atoms with van der Waals surface area (Å²) in [6, 6.07) is 0. The molecule has 0 aromatic heterocycles. The molecular formula is C12H24N2O2. The van der Waals surface area contributed by atoms with Gasteiger partial charge in [0.25, 0.3) is 0 Å². The van der Waals surface area contributed by atoms with Crippen molar-refractivity contribution in [2.24, 2.45) is 5.73 Å². The van der Waals surface area contributed by atoms with Gasteiger partial charge in [-0.05, 0) is 33.1 Å². The highest BCUT2D eigenvalue weighted by molar-refractivity contribution is 5.85. The Hall–Kier alpha value is -0.610. The first-order valence-electron chi connectivity index (χ1n) is 6.21. The first kappa shape index (κ1) is 13.5. The molecule has 1 amide bonds. The summed E-state index contributed by atoms with van der Waals surface area (Å²) >= 11 is 0. The molecule has 2 N–H and O–H groups in total. The van der Waals surface area contributed by atoms with Crippen LogP contribution in [0.25, 0.3) is 0 Å². The number of ether oxygens (including phenoxy) is 1. The monoisotopic (exact) mass is 228 g/mol. The molecule has 0 aromatic carbocycles. The fourth-order valence-corrected chi connectivity index (χ4v) is 1.90. The fourth-order valence-electron chi connectivity index (χ4n) is 1.90. The van der Waals surface area contributed by atoms with Crippen LogP contribution in [-0.2, 0) is 9.53 Å². The quantitative estimate of drug-likeness (QED) is 0.767. The number of carbonyl (C=O) groups excluding carboxylic acids is 1. The lowest BCUT2D eigenvalue weighted by Gasteiger charge is -2.31. The van der Waals surface area contributed by atoms with Crippen LogP contribution in [0.2, 0.25) is 0 Å². The molecule has 1 rings (SSSR count). The number of amides is 1. The minimum Gasteiger partial charge on any atom is -0.376 e. The van der Waals surface area contributed by atoms with E-state index >= 15 is 0 Å². The standard InChI is InChI=1S/C12H24N2O2/c1-4-12(3,13)11(15)14(5-2)9-10-7-6-8-16-10/h10H,4-9,13H2,1-3H3. The minimum absolute atomic E-state index is 0.0352. The van der Waals surface area contributed by atoms with Crippen LogP contribution in [0.15, 0.2) is 0 Å². The predicted octanol–water partition coefficient (Wildman–Crippen LogP) is 1.14. The van der Waals surface area contributed by atoms with Gasteiger partial charge in [0.15, 0.2) is 0 Å². The molecule has 1 fully saturated rings. The maximum atomic E-state index is 12.2. The number of nitrogens with two attached hydrogens (primary N) is 1. The Kier molecular flexibility index (Phi) is 4.74. The topological polar surface area (TPSA) is 55.6 Å². The fraction of sp³-hybridized carbons (Fsp3) is 0.917. The Morgan fingerprint density at radius 1 is 1.56 bits per heavy atom. The van der Waals surface area contributed by atoms with Crippen LogP contribution in [-0.4, -0.2) is 42.1 Å². The zero-order chi connectivity index (χ0) is 12.2. The van der Waals surface area contributed by atoms with Gasteiger partial charge in [-0.1, -0.05) is 6.92 Å². The first-order valence-corrected chi connectivity index (χ1v) is 6.21. The Morgan fingerprint density at radius 3 is 2.69 bits per heavy atom. The highest BCUT2D eigenvalue weighted by Gasteiger charge is 2.32. The second-order valence-corrected chi connectivity index (χ2v) is 4.75. The van der Waals surface area contributed by atoms with Crippen molar-refractivity contribution >= 4 is 5.91 Å². The number of likely N-dealkylation sites (N-methyl/N-ethyl adjacent to an activating group) is 1. The van der Waals surface area contributed by atoms with Crippen molar-refractivity contribution in [2.75, 3.05) is 19.7 Å². The molecule has 16 heavy (non-hydrogen) atoms. The van der Waals surface area contributed by atoms with E-state index in [2.05, 4.69) is 0 Å². The maximum Gasteiger partial charge on any atom is 0.242 e. The molecular weight excluding hydrogens is 204 g/mol. The Bertz CT molecular complexity index is 235. The summed E-state index contributed by atoms with van der Waals surface area (Å²) in [4.78, 5) is 14.0. The van der Waals surface area contributed by atoms with Gasteiger partial charge in [-0.15, -0.1) is 0 Å². The second-order valence-electron chi connectivity index (χ2n) is 4.75. The molecule has 4 heteroatoms. The molecule has 2 unspecified atom stereocenters. The molecule has 94 valence electrons. The molecule has 0 aliphatic carbocycles. The van der Waals surface area contributed by atoms with Crippen LogP contribution < -0.4 is 5.73 Å². The molecule has 0 bridgehead atoms. The molecule has 1 aliphatic heterocycles. The third kappa shape index (κ3) is 3.19. The van der Waals surface area contributed by atoms with Gasteiger partial charge >= 0.3 is 0 Å². The van der Waals surface area contributed by atoms with Gasteiger partial charge in [-0.3, -0.25) is 4.79 Å². The van der Waals surface area contributed by atoms with E-state index in [1.807, 2.05) is 18.7 Å². The van der Waals surface area contributed by atoms with Crippen molar-refractivity contribution in [3.63, 3.8) is 0 Å². The van der Waals surface area contributed by atoms with E-state index in [4.69, 9.17) is 10.5 Å². The average molecular weight is 228 g/mol. The van der Waals surface area contributed by atoms with E-state index in [0.29, 0.717) is 19.5 Å². The van der Waals surface area contributed by atoms with Gasteiger partial charge < -0.3 is 15.4 Å². The number of carbonyl (C=O) groups is 1. The third-order valence-electron chi connectivity index (χ3n) is 3.34. The van der Waals surface area contributed by atoms with Gasteiger partial charge in [0.1, 0.15) is 0 Å². The van der Waals surface area contributed by atoms with Gasteiger partial charge in [-0.2, -0.15) is 0 Å². The lowest BCUT2D eigenvalue weighted by molar-refractivity contribution is -0.137. The summed E-state index contributed by atoms with van der Waals surface area (Å²) in [7, 11) is 0. The highest BCUT2D eigenvalue weighted by Crippen LogP contribution is 2.16. The molecule has 0 aromatic rings. The van der Waals surface area contributed by atoms with Gasteiger partial charge in [-0.25, -0.2) is 0 Å². The Balaban J connectivity index is 2.55. The van der Waals surface area contributed by atoms with Crippen LogP contribution in [0, 0.1) is 0 Å². The summed E-state index contributed by atoms with van der Waals surface area (Å²) < 4.78 is 5.55.